The predicted octanol–water partition coefficient (Wildman–Crippen LogP) is 2.36. The van der Waals surface area contributed by atoms with Gasteiger partial charge in [-0.25, -0.2) is 4.99 Å². The number of non-ortho nitro benzene ring substituents is 1. The van der Waals surface area contributed by atoms with Crippen LogP contribution in [0.4, 0.5) is 11.4 Å². The van der Waals surface area contributed by atoms with Crippen LogP contribution < -0.4 is 16.4 Å². The monoisotopic (exact) mass is 336 g/mol. The van der Waals surface area contributed by atoms with Gasteiger partial charge < -0.3 is 11.5 Å². The van der Waals surface area contributed by atoms with Crippen molar-refractivity contribution >= 4 is 34.9 Å². The van der Waals surface area contributed by atoms with Gasteiger partial charge in [-0.2, -0.15) is 4.99 Å². The third-order valence-electron chi connectivity index (χ3n) is 4.23. The van der Waals surface area contributed by atoms with E-state index in [1.807, 2.05) is 0 Å². The van der Waals surface area contributed by atoms with Gasteiger partial charge in [0.15, 0.2) is 0 Å². The highest BCUT2D eigenvalue weighted by Crippen LogP contribution is 2.42. The van der Waals surface area contributed by atoms with Crippen molar-refractivity contribution in [3.8, 4) is 0 Å². The Bertz CT molecular complexity index is 711. The molecule has 0 amide bonds. The molecular formula is C14H17ClN6O2. The molecule has 0 unspecified atom stereocenters. The number of benzene rings is 1. The van der Waals surface area contributed by atoms with Gasteiger partial charge >= 0.3 is 0 Å². The number of hydrogen-bond acceptors (Lipinski definition) is 7. The number of aliphatic imine (C=N–C) groups is 2. The largest absolute Gasteiger partial charge is 0.369 e. The topological polar surface area (TPSA) is 123 Å². The van der Waals surface area contributed by atoms with Crippen LogP contribution >= 0.6 is 11.6 Å². The first kappa shape index (κ1) is 15.5. The molecule has 0 aromatic heterocycles. The van der Waals surface area contributed by atoms with E-state index in [9.17, 15) is 10.1 Å². The molecule has 1 aliphatic carbocycles. The Hall–Kier alpha value is -2.35. The van der Waals surface area contributed by atoms with Crippen molar-refractivity contribution in [3.63, 3.8) is 0 Å². The molecule has 122 valence electrons. The summed E-state index contributed by atoms with van der Waals surface area (Å²) >= 11 is 6.27. The first-order valence-corrected chi connectivity index (χ1v) is 7.74. The van der Waals surface area contributed by atoms with Crippen LogP contribution in [-0.4, -0.2) is 22.5 Å². The van der Waals surface area contributed by atoms with E-state index in [2.05, 4.69) is 9.98 Å². The van der Waals surface area contributed by atoms with Crippen molar-refractivity contribution in [1.82, 2.24) is 0 Å². The molecule has 8 nitrogen and oxygen atoms in total. The van der Waals surface area contributed by atoms with E-state index >= 15 is 0 Å². The molecule has 1 spiro atoms. The molecule has 1 heterocycles. The summed E-state index contributed by atoms with van der Waals surface area (Å²) in [6.45, 7) is 0. The molecule has 2 aliphatic rings. The van der Waals surface area contributed by atoms with E-state index < -0.39 is 10.6 Å². The molecule has 1 fully saturated rings. The zero-order valence-electron chi connectivity index (χ0n) is 12.4. The second-order valence-electron chi connectivity index (χ2n) is 5.71. The maximum Gasteiger partial charge on any atom is 0.271 e. The van der Waals surface area contributed by atoms with Crippen LogP contribution in [0.15, 0.2) is 28.2 Å². The Balaban J connectivity index is 2.09. The van der Waals surface area contributed by atoms with Crippen LogP contribution in [0, 0.1) is 10.1 Å². The van der Waals surface area contributed by atoms with Gasteiger partial charge in [0, 0.05) is 12.1 Å². The molecule has 0 saturated heterocycles. The van der Waals surface area contributed by atoms with Crippen LogP contribution in [0.3, 0.4) is 0 Å². The molecule has 4 N–H and O–H groups in total. The fourth-order valence-corrected chi connectivity index (χ4v) is 3.52. The number of nitro groups is 1. The average molecular weight is 337 g/mol. The van der Waals surface area contributed by atoms with Crippen LogP contribution in [0.5, 0.6) is 0 Å². The lowest BCUT2D eigenvalue weighted by atomic mass is 9.87. The molecule has 1 aromatic rings. The zero-order valence-corrected chi connectivity index (χ0v) is 13.2. The van der Waals surface area contributed by atoms with Crippen molar-refractivity contribution < 1.29 is 4.92 Å². The van der Waals surface area contributed by atoms with Gasteiger partial charge in [-0.15, -0.1) is 0 Å². The quantitative estimate of drug-likeness (QED) is 0.633. The molecule has 0 atom stereocenters. The number of guanidine groups is 2. The van der Waals surface area contributed by atoms with E-state index in [-0.39, 0.29) is 22.6 Å². The van der Waals surface area contributed by atoms with Crippen molar-refractivity contribution in [2.45, 2.75) is 37.8 Å². The van der Waals surface area contributed by atoms with Crippen LogP contribution in [-0.2, 0) is 0 Å². The highest BCUT2D eigenvalue weighted by molar-refractivity contribution is 6.34. The highest BCUT2D eigenvalue weighted by atomic mass is 35.5. The lowest BCUT2D eigenvalue weighted by Crippen LogP contribution is -2.58. The smallest absolute Gasteiger partial charge is 0.271 e. The van der Waals surface area contributed by atoms with E-state index in [4.69, 9.17) is 23.1 Å². The lowest BCUT2D eigenvalue weighted by Gasteiger charge is -2.45. The average Bonchev–Trinajstić information content (AvgIpc) is 2.48. The minimum absolute atomic E-state index is 0.0769. The van der Waals surface area contributed by atoms with E-state index in [1.165, 1.54) is 12.1 Å². The fourth-order valence-electron chi connectivity index (χ4n) is 3.26. The van der Waals surface area contributed by atoms with E-state index in [0.717, 1.165) is 32.1 Å². The molecule has 0 bridgehead atoms. The third kappa shape index (κ3) is 2.70. The molecule has 0 radical (unpaired) electrons. The molecule has 9 heteroatoms. The standard InChI is InChI=1S/C14H17ClN6O2/c15-10-8-9(21(22)23)4-5-11(10)20-13(17)18-12(16)19-14(20)6-2-1-3-7-14/h4-5,8H,1-3,6-7H2,(H4,16,17,18,19). The van der Waals surface area contributed by atoms with Crippen molar-refractivity contribution in [1.29, 1.82) is 0 Å². The molecule has 23 heavy (non-hydrogen) atoms. The lowest BCUT2D eigenvalue weighted by molar-refractivity contribution is -0.384. The maximum absolute atomic E-state index is 10.9. The Morgan fingerprint density at radius 1 is 1.26 bits per heavy atom. The summed E-state index contributed by atoms with van der Waals surface area (Å²) in [4.78, 5) is 20.7. The number of nitro benzene ring substituents is 1. The molecule has 3 rings (SSSR count). The summed E-state index contributed by atoms with van der Waals surface area (Å²) in [6, 6.07) is 4.28. The minimum atomic E-state index is -0.617. The number of hydrogen-bond donors (Lipinski definition) is 2. The normalized spacial score (nSPS) is 20.1. The van der Waals surface area contributed by atoms with Gasteiger partial charge in [-0.05, 0) is 31.7 Å². The Kier molecular flexibility index (Phi) is 3.85. The van der Waals surface area contributed by atoms with Gasteiger partial charge in [0.1, 0.15) is 5.66 Å². The highest BCUT2D eigenvalue weighted by Gasteiger charge is 2.43. The van der Waals surface area contributed by atoms with Gasteiger partial charge in [-0.3, -0.25) is 15.0 Å². The van der Waals surface area contributed by atoms with Gasteiger partial charge in [-0.1, -0.05) is 18.0 Å². The van der Waals surface area contributed by atoms with Crippen molar-refractivity contribution in [2.75, 3.05) is 4.90 Å². The molecule has 1 aromatic carbocycles. The number of nitrogens with zero attached hydrogens (tertiary/aromatic N) is 4. The fraction of sp³-hybridized carbons (Fsp3) is 0.429. The first-order valence-electron chi connectivity index (χ1n) is 7.37. The zero-order chi connectivity index (χ0) is 16.6. The third-order valence-corrected chi connectivity index (χ3v) is 4.54. The summed E-state index contributed by atoms with van der Waals surface area (Å²) in [5, 5.41) is 11.1. The predicted molar refractivity (Wildman–Crippen MR) is 89.6 cm³/mol. The second-order valence-corrected chi connectivity index (χ2v) is 6.12. The van der Waals surface area contributed by atoms with Gasteiger partial charge in [0.2, 0.25) is 11.9 Å². The Morgan fingerprint density at radius 3 is 2.57 bits per heavy atom. The summed E-state index contributed by atoms with van der Waals surface area (Å²) in [5.74, 6) is 0.355. The van der Waals surface area contributed by atoms with Gasteiger partial charge in [0.05, 0.1) is 15.6 Å². The molecular weight excluding hydrogens is 320 g/mol. The number of rotatable bonds is 2. The molecule has 1 saturated carbocycles. The van der Waals surface area contributed by atoms with Crippen LogP contribution in [0.2, 0.25) is 5.02 Å². The first-order chi connectivity index (χ1) is 10.9. The van der Waals surface area contributed by atoms with E-state index in [1.54, 1.807) is 11.0 Å². The number of halogens is 1. The van der Waals surface area contributed by atoms with Crippen LogP contribution in [0.25, 0.3) is 0 Å². The maximum atomic E-state index is 10.9. The summed E-state index contributed by atoms with van der Waals surface area (Å²) in [5.41, 5.74) is 11.8. The molecule has 1 aliphatic heterocycles. The summed E-state index contributed by atoms with van der Waals surface area (Å²) < 4.78 is 0. The van der Waals surface area contributed by atoms with Gasteiger partial charge in [0.25, 0.3) is 5.69 Å². The Morgan fingerprint density at radius 2 is 1.96 bits per heavy atom. The Labute approximate surface area is 138 Å². The minimum Gasteiger partial charge on any atom is -0.369 e. The van der Waals surface area contributed by atoms with Crippen LogP contribution in [0.1, 0.15) is 32.1 Å². The van der Waals surface area contributed by atoms with Crippen molar-refractivity contribution in [2.24, 2.45) is 21.5 Å². The number of nitrogens with two attached hydrogens (primary N) is 2. The van der Waals surface area contributed by atoms with E-state index in [0.29, 0.717) is 5.69 Å². The second kappa shape index (κ2) is 5.69. The number of anilines is 1. The summed E-state index contributed by atoms with van der Waals surface area (Å²) in [6.07, 6.45) is 4.65. The SMILES string of the molecule is NC1=NC2(CCCCC2)N(c2ccc([N+](=O)[O-])cc2Cl)C(N)=N1. The summed E-state index contributed by atoms with van der Waals surface area (Å²) in [7, 11) is 0. The van der Waals surface area contributed by atoms with Crippen molar-refractivity contribution in [3.05, 3.63) is 33.3 Å².